The number of aryl methyl sites for hydroxylation is 2. The Morgan fingerprint density at radius 3 is 2.61 bits per heavy atom. The number of sulfonamides is 1. The van der Waals surface area contributed by atoms with Gasteiger partial charge in [-0.2, -0.15) is 0 Å². The maximum atomic E-state index is 12.3. The predicted octanol–water partition coefficient (Wildman–Crippen LogP) is 3.26. The summed E-state index contributed by atoms with van der Waals surface area (Å²) in [5.74, 6) is 1.36. The van der Waals surface area contributed by atoms with Gasteiger partial charge in [0.15, 0.2) is 0 Å². The Morgan fingerprint density at radius 1 is 1.30 bits per heavy atom. The van der Waals surface area contributed by atoms with Crippen molar-refractivity contribution in [2.24, 2.45) is 0 Å². The number of hydrogen-bond donors (Lipinski definition) is 2. The molecule has 1 atom stereocenters. The van der Waals surface area contributed by atoms with Crippen molar-refractivity contribution >= 4 is 21.6 Å². The Morgan fingerprint density at radius 2 is 2.00 bits per heavy atom. The quantitative estimate of drug-likeness (QED) is 0.831. The lowest BCUT2D eigenvalue weighted by atomic mass is 10.1. The van der Waals surface area contributed by atoms with Crippen LogP contribution in [0.1, 0.15) is 35.2 Å². The number of rotatable bonds is 6. The van der Waals surface area contributed by atoms with Crippen LogP contribution in [0.4, 0.5) is 0 Å². The highest BCUT2D eigenvalue weighted by Gasteiger charge is 2.19. The topological polar surface area (TPSA) is 79.5 Å². The number of furan rings is 1. The van der Waals surface area contributed by atoms with Crippen molar-refractivity contribution in [3.05, 3.63) is 51.9 Å². The van der Waals surface area contributed by atoms with Crippen molar-refractivity contribution in [2.45, 2.75) is 38.2 Å². The van der Waals surface area contributed by atoms with E-state index in [1.54, 1.807) is 39.0 Å². The van der Waals surface area contributed by atoms with E-state index in [0.29, 0.717) is 27.7 Å². The van der Waals surface area contributed by atoms with Gasteiger partial charge in [-0.1, -0.05) is 17.7 Å². The molecule has 1 aromatic heterocycles. The monoisotopic (exact) mass is 357 g/mol. The Labute approximate surface area is 141 Å². The van der Waals surface area contributed by atoms with Crippen molar-refractivity contribution in [3.63, 3.8) is 0 Å². The van der Waals surface area contributed by atoms with Gasteiger partial charge in [0.25, 0.3) is 0 Å². The zero-order valence-corrected chi connectivity index (χ0v) is 14.8. The van der Waals surface area contributed by atoms with E-state index in [2.05, 4.69) is 4.72 Å². The Bertz CT molecular complexity index is 798. The van der Waals surface area contributed by atoms with E-state index in [-0.39, 0.29) is 17.9 Å². The molecule has 0 amide bonds. The molecule has 23 heavy (non-hydrogen) atoms. The highest BCUT2D eigenvalue weighted by molar-refractivity contribution is 7.89. The molecule has 1 aromatic carbocycles. The summed E-state index contributed by atoms with van der Waals surface area (Å²) in [6.07, 6.45) is -0.533. The van der Waals surface area contributed by atoms with Crippen LogP contribution in [-0.2, 0) is 10.0 Å². The SMILES string of the molecule is Cc1cc([C@@H](O)CCNS(=O)(=O)c2cccc(Cl)c2C)c(C)o1. The van der Waals surface area contributed by atoms with Crippen molar-refractivity contribution in [3.8, 4) is 0 Å². The minimum absolute atomic E-state index is 0.110. The van der Waals surface area contributed by atoms with Gasteiger partial charge in [-0.25, -0.2) is 13.1 Å². The minimum atomic E-state index is -3.67. The lowest BCUT2D eigenvalue weighted by Gasteiger charge is -2.12. The zero-order chi connectivity index (χ0) is 17.2. The lowest BCUT2D eigenvalue weighted by Crippen LogP contribution is -2.26. The van der Waals surface area contributed by atoms with E-state index in [1.807, 2.05) is 0 Å². The number of halogens is 1. The molecule has 5 nitrogen and oxygen atoms in total. The number of aliphatic hydroxyl groups excluding tert-OH is 1. The number of aliphatic hydroxyl groups is 1. The average molecular weight is 358 g/mol. The van der Waals surface area contributed by atoms with Crippen LogP contribution in [0, 0.1) is 20.8 Å². The van der Waals surface area contributed by atoms with Crippen molar-refractivity contribution < 1.29 is 17.9 Å². The summed E-state index contributed by atoms with van der Waals surface area (Å²) in [6, 6.07) is 6.50. The second kappa shape index (κ2) is 7.05. The Balaban J connectivity index is 2.03. The summed E-state index contributed by atoms with van der Waals surface area (Å²) in [5.41, 5.74) is 1.18. The molecule has 2 aromatic rings. The van der Waals surface area contributed by atoms with Gasteiger partial charge >= 0.3 is 0 Å². The highest BCUT2D eigenvalue weighted by atomic mass is 35.5. The van der Waals surface area contributed by atoms with E-state index >= 15 is 0 Å². The molecule has 0 bridgehead atoms. The fraction of sp³-hybridized carbons (Fsp3) is 0.375. The summed E-state index contributed by atoms with van der Waals surface area (Å²) in [4.78, 5) is 0.148. The largest absolute Gasteiger partial charge is 0.466 e. The molecule has 0 spiro atoms. The first-order chi connectivity index (χ1) is 10.7. The Kier molecular flexibility index (Phi) is 5.52. The number of benzene rings is 1. The van der Waals surface area contributed by atoms with Gasteiger partial charge in [0.05, 0.1) is 11.0 Å². The van der Waals surface area contributed by atoms with Crippen molar-refractivity contribution in [1.82, 2.24) is 4.72 Å². The van der Waals surface area contributed by atoms with E-state index in [0.717, 1.165) is 0 Å². The van der Waals surface area contributed by atoms with Crippen LogP contribution in [0.25, 0.3) is 0 Å². The minimum Gasteiger partial charge on any atom is -0.466 e. The summed E-state index contributed by atoms with van der Waals surface area (Å²) in [5, 5.41) is 10.6. The molecule has 0 radical (unpaired) electrons. The van der Waals surface area contributed by atoms with Gasteiger partial charge in [-0.3, -0.25) is 0 Å². The average Bonchev–Trinajstić information content (AvgIpc) is 2.80. The zero-order valence-electron chi connectivity index (χ0n) is 13.3. The fourth-order valence-corrected chi connectivity index (χ4v) is 3.97. The molecule has 0 aliphatic carbocycles. The van der Waals surface area contributed by atoms with Crippen LogP contribution >= 0.6 is 11.6 Å². The van der Waals surface area contributed by atoms with E-state index < -0.39 is 16.1 Å². The normalized spacial score (nSPS) is 13.3. The molecule has 0 aliphatic heterocycles. The molecule has 0 unspecified atom stereocenters. The molecular formula is C16H20ClNO4S. The predicted molar refractivity (Wildman–Crippen MR) is 89.1 cm³/mol. The molecule has 2 rings (SSSR count). The number of hydrogen-bond acceptors (Lipinski definition) is 4. The van der Waals surface area contributed by atoms with Gasteiger partial charge in [0.2, 0.25) is 10.0 Å². The fourth-order valence-electron chi connectivity index (χ4n) is 2.42. The van der Waals surface area contributed by atoms with Gasteiger partial charge in [-0.05, 0) is 51.0 Å². The summed E-state index contributed by atoms with van der Waals surface area (Å²) < 4.78 is 32.5. The summed E-state index contributed by atoms with van der Waals surface area (Å²) >= 11 is 5.96. The molecule has 1 heterocycles. The van der Waals surface area contributed by atoms with Crippen LogP contribution in [0.15, 0.2) is 33.6 Å². The third kappa shape index (κ3) is 4.14. The molecule has 126 valence electrons. The van der Waals surface area contributed by atoms with Crippen LogP contribution in [0.5, 0.6) is 0 Å². The van der Waals surface area contributed by atoms with Gasteiger partial charge in [-0.15, -0.1) is 0 Å². The molecular weight excluding hydrogens is 338 g/mol. The summed E-state index contributed by atoms with van der Waals surface area (Å²) in [7, 11) is -3.67. The first-order valence-electron chi connectivity index (χ1n) is 7.22. The molecule has 0 fully saturated rings. The van der Waals surface area contributed by atoms with E-state index in [9.17, 15) is 13.5 Å². The van der Waals surface area contributed by atoms with Crippen LogP contribution in [-0.4, -0.2) is 20.1 Å². The van der Waals surface area contributed by atoms with E-state index in [4.69, 9.17) is 16.0 Å². The smallest absolute Gasteiger partial charge is 0.240 e. The summed E-state index contributed by atoms with van der Waals surface area (Å²) in [6.45, 7) is 5.33. The van der Waals surface area contributed by atoms with Crippen LogP contribution in [0.3, 0.4) is 0 Å². The van der Waals surface area contributed by atoms with E-state index in [1.165, 1.54) is 6.07 Å². The van der Waals surface area contributed by atoms with Crippen molar-refractivity contribution in [1.29, 1.82) is 0 Å². The van der Waals surface area contributed by atoms with Crippen molar-refractivity contribution in [2.75, 3.05) is 6.54 Å². The molecule has 0 saturated carbocycles. The first-order valence-corrected chi connectivity index (χ1v) is 9.08. The maximum absolute atomic E-state index is 12.3. The van der Waals surface area contributed by atoms with Crippen LogP contribution in [0.2, 0.25) is 5.02 Å². The first kappa shape index (κ1) is 18.0. The lowest BCUT2D eigenvalue weighted by molar-refractivity contribution is 0.167. The second-order valence-electron chi connectivity index (χ2n) is 5.43. The van der Waals surface area contributed by atoms with Gasteiger partial charge in [0, 0.05) is 17.1 Å². The second-order valence-corrected chi connectivity index (χ2v) is 7.58. The van der Waals surface area contributed by atoms with Gasteiger partial charge < -0.3 is 9.52 Å². The third-order valence-electron chi connectivity index (χ3n) is 3.66. The molecule has 2 N–H and O–H groups in total. The molecule has 0 aliphatic rings. The van der Waals surface area contributed by atoms with Crippen LogP contribution < -0.4 is 4.72 Å². The van der Waals surface area contributed by atoms with Gasteiger partial charge in [0.1, 0.15) is 11.5 Å². The number of nitrogens with one attached hydrogen (secondary N) is 1. The molecule has 0 saturated heterocycles. The Hall–Kier alpha value is -1.34. The maximum Gasteiger partial charge on any atom is 0.240 e. The highest BCUT2D eigenvalue weighted by Crippen LogP contribution is 2.25. The third-order valence-corrected chi connectivity index (χ3v) is 5.67. The standard InChI is InChI=1S/C16H20ClNO4S/c1-10-9-13(12(3)22-10)15(19)7-8-18-23(20,21)16-6-4-5-14(17)11(16)2/h4-6,9,15,18-19H,7-8H2,1-3H3/t15-/m0/s1. The molecule has 7 heteroatoms.